The number of aryl methyl sites for hydroxylation is 2. The Labute approximate surface area is 157 Å². The first kappa shape index (κ1) is 17.3. The van der Waals surface area contributed by atoms with Crippen molar-refractivity contribution >= 4 is 11.0 Å². The predicted octanol–water partition coefficient (Wildman–Crippen LogP) is 5.29. The van der Waals surface area contributed by atoms with Crippen LogP contribution in [0.25, 0.3) is 33.5 Å². The van der Waals surface area contributed by atoms with E-state index in [0.717, 1.165) is 50.7 Å². The van der Waals surface area contributed by atoms with Crippen molar-refractivity contribution in [2.45, 2.75) is 33.6 Å². The minimum atomic E-state index is 0.279. The third-order valence-electron chi connectivity index (χ3n) is 4.60. The highest BCUT2D eigenvalue weighted by Crippen LogP contribution is 2.36. The highest BCUT2D eigenvalue weighted by molar-refractivity contribution is 5.93. The number of methoxy groups -OCH3 is 1. The molecule has 0 atom stereocenters. The van der Waals surface area contributed by atoms with Crippen LogP contribution in [0.1, 0.15) is 37.0 Å². The fourth-order valence-electron chi connectivity index (χ4n) is 3.17. The first-order valence-electron chi connectivity index (χ1n) is 8.86. The predicted molar refractivity (Wildman–Crippen MR) is 103 cm³/mol. The number of aromatic nitrogens is 3. The van der Waals surface area contributed by atoms with Crippen molar-refractivity contribution in [1.29, 1.82) is 0 Å². The second-order valence-electron chi connectivity index (χ2n) is 6.87. The number of fused-ring (bicyclic) bond motifs is 1. The lowest BCUT2D eigenvalue weighted by atomic mass is 10.0. The van der Waals surface area contributed by atoms with Crippen LogP contribution < -0.4 is 4.74 Å². The molecule has 0 amide bonds. The summed E-state index contributed by atoms with van der Waals surface area (Å²) in [6.45, 7) is 8.02. The molecule has 6 heteroatoms. The molecule has 0 aliphatic carbocycles. The lowest BCUT2D eigenvalue weighted by molar-refractivity contribution is 0.393. The van der Waals surface area contributed by atoms with Crippen molar-refractivity contribution < 1.29 is 13.7 Å². The minimum Gasteiger partial charge on any atom is -0.481 e. The van der Waals surface area contributed by atoms with Crippen LogP contribution in [0.4, 0.5) is 0 Å². The van der Waals surface area contributed by atoms with Crippen molar-refractivity contribution in [2.75, 3.05) is 7.11 Å². The quantitative estimate of drug-likeness (QED) is 0.490. The SMILES string of the molecule is COc1ccc(-c2nc(-c3c(C)noc3C)cc3cc(C(C)C)oc23)cn1. The number of rotatable bonds is 4. The number of hydrogen-bond acceptors (Lipinski definition) is 6. The van der Waals surface area contributed by atoms with E-state index in [2.05, 4.69) is 30.1 Å². The van der Waals surface area contributed by atoms with Crippen molar-refractivity contribution in [2.24, 2.45) is 0 Å². The van der Waals surface area contributed by atoms with Gasteiger partial charge in [-0.1, -0.05) is 19.0 Å². The van der Waals surface area contributed by atoms with Crippen LogP contribution in [0.3, 0.4) is 0 Å². The van der Waals surface area contributed by atoms with Crippen molar-refractivity contribution in [3.63, 3.8) is 0 Å². The summed E-state index contributed by atoms with van der Waals surface area (Å²) >= 11 is 0. The summed E-state index contributed by atoms with van der Waals surface area (Å²) in [7, 11) is 1.60. The van der Waals surface area contributed by atoms with Crippen LogP contribution in [0.15, 0.2) is 39.4 Å². The number of pyridine rings is 2. The molecule has 0 aliphatic heterocycles. The topological polar surface area (TPSA) is 74.2 Å². The molecule has 0 aliphatic rings. The monoisotopic (exact) mass is 363 g/mol. The van der Waals surface area contributed by atoms with E-state index < -0.39 is 0 Å². The maximum atomic E-state index is 6.14. The molecule has 0 unspecified atom stereocenters. The molecular formula is C21H21N3O3. The van der Waals surface area contributed by atoms with Crippen LogP contribution >= 0.6 is 0 Å². The Hall–Kier alpha value is -3.15. The lowest BCUT2D eigenvalue weighted by Crippen LogP contribution is -1.93. The van der Waals surface area contributed by atoms with Crippen molar-refractivity contribution in [3.8, 4) is 28.4 Å². The molecule has 0 bridgehead atoms. The third kappa shape index (κ3) is 2.97. The summed E-state index contributed by atoms with van der Waals surface area (Å²) in [5.74, 6) is 2.50. The second kappa shape index (κ2) is 6.54. The third-order valence-corrected chi connectivity index (χ3v) is 4.60. The van der Waals surface area contributed by atoms with Gasteiger partial charge >= 0.3 is 0 Å². The number of ether oxygens (including phenoxy) is 1. The molecule has 0 radical (unpaired) electrons. The Morgan fingerprint density at radius 3 is 2.52 bits per heavy atom. The van der Waals surface area contributed by atoms with Gasteiger partial charge in [0, 0.05) is 29.1 Å². The summed E-state index contributed by atoms with van der Waals surface area (Å²) in [5.41, 5.74) is 4.88. The molecule has 0 saturated heterocycles. The van der Waals surface area contributed by atoms with Gasteiger partial charge in [-0.05, 0) is 32.0 Å². The van der Waals surface area contributed by atoms with Gasteiger partial charge in [0.1, 0.15) is 17.2 Å². The van der Waals surface area contributed by atoms with E-state index in [9.17, 15) is 0 Å². The van der Waals surface area contributed by atoms with E-state index in [0.29, 0.717) is 5.88 Å². The molecule has 4 aromatic heterocycles. The van der Waals surface area contributed by atoms with E-state index in [-0.39, 0.29) is 5.92 Å². The molecule has 0 fully saturated rings. The minimum absolute atomic E-state index is 0.279. The maximum absolute atomic E-state index is 6.14. The van der Waals surface area contributed by atoms with E-state index in [1.165, 1.54) is 0 Å². The fourth-order valence-corrected chi connectivity index (χ4v) is 3.17. The van der Waals surface area contributed by atoms with Gasteiger partial charge in [0.2, 0.25) is 5.88 Å². The van der Waals surface area contributed by atoms with Gasteiger partial charge in [-0.2, -0.15) is 0 Å². The van der Waals surface area contributed by atoms with E-state index in [4.69, 9.17) is 18.7 Å². The summed E-state index contributed by atoms with van der Waals surface area (Å²) in [4.78, 5) is 9.20. The lowest BCUT2D eigenvalue weighted by Gasteiger charge is -2.07. The van der Waals surface area contributed by atoms with Crippen LogP contribution in [-0.2, 0) is 0 Å². The van der Waals surface area contributed by atoms with Gasteiger partial charge in [-0.3, -0.25) is 0 Å². The molecule has 0 N–H and O–H groups in total. The molecule has 4 aromatic rings. The standard InChI is InChI=1S/C21H21N3O3/c1-11(2)17-9-15-8-16(19-12(3)24-27-13(19)4)23-20(21(15)26-17)14-6-7-18(25-5)22-10-14/h6-11H,1-5H3. The Morgan fingerprint density at radius 1 is 1.11 bits per heavy atom. The zero-order valence-electron chi connectivity index (χ0n) is 16.0. The van der Waals surface area contributed by atoms with Crippen LogP contribution in [-0.4, -0.2) is 22.2 Å². The van der Waals surface area contributed by atoms with Crippen molar-refractivity contribution in [1.82, 2.24) is 15.1 Å². The van der Waals surface area contributed by atoms with E-state index in [1.54, 1.807) is 13.3 Å². The molecule has 0 spiro atoms. The highest BCUT2D eigenvalue weighted by atomic mass is 16.5. The molecular weight excluding hydrogens is 342 g/mol. The van der Waals surface area contributed by atoms with Crippen LogP contribution in [0, 0.1) is 13.8 Å². The maximum Gasteiger partial charge on any atom is 0.212 e. The van der Waals surface area contributed by atoms with Crippen molar-refractivity contribution in [3.05, 3.63) is 47.7 Å². The van der Waals surface area contributed by atoms with Gasteiger partial charge < -0.3 is 13.7 Å². The molecule has 138 valence electrons. The molecule has 4 rings (SSSR count). The van der Waals surface area contributed by atoms with Gasteiger partial charge in [-0.15, -0.1) is 0 Å². The van der Waals surface area contributed by atoms with Crippen LogP contribution in [0.2, 0.25) is 0 Å². The molecule has 4 heterocycles. The molecule has 0 saturated carbocycles. The van der Waals surface area contributed by atoms with Gasteiger partial charge in [0.15, 0.2) is 5.58 Å². The van der Waals surface area contributed by atoms with Crippen LogP contribution in [0.5, 0.6) is 5.88 Å². The Bertz CT molecular complexity index is 1090. The normalized spacial score (nSPS) is 11.5. The fraction of sp³-hybridized carbons (Fsp3) is 0.286. The first-order valence-corrected chi connectivity index (χ1v) is 8.86. The summed E-state index contributed by atoms with van der Waals surface area (Å²) in [6.07, 6.45) is 1.75. The molecule has 6 nitrogen and oxygen atoms in total. The average molecular weight is 363 g/mol. The van der Waals surface area contributed by atoms with E-state index in [1.807, 2.05) is 32.0 Å². The largest absolute Gasteiger partial charge is 0.481 e. The number of hydrogen-bond donors (Lipinski definition) is 0. The second-order valence-corrected chi connectivity index (χ2v) is 6.87. The zero-order valence-corrected chi connectivity index (χ0v) is 16.0. The molecule has 27 heavy (non-hydrogen) atoms. The summed E-state index contributed by atoms with van der Waals surface area (Å²) in [5, 5.41) is 5.06. The van der Waals surface area contributed by atoms with Gasteiger partial charge in [0.25, 0.3) is 0 Å². The molecule has 0 aromatic carbocycles. The zero-order chi connectivity index (χ0) is 19.1. The highest BCUT2D eigenvalue weighted by Gasteiger charge is 2.20. The van der Waals surface area contributed by atoms with E-state index >= 15 is 0 Å². The summed E-state index contributed by atoms with van der Waals surface area (Å²) in [6, 6.07) is 7.85. The van der Waals surface area contributed by atoms with Gasteiger partial charge in [-0.25, -0.2) is 9.97 Å². The number of furan rings is 1. The number of nitrogens with zero attached hydrogens (tertiary/aromatic N) is 3. The smallest absolute Gasteiger partial charge is 0.212 e. The summed E-state index contributed by atoms with van der Waals surface area (Å²) < 4.78 is 16.6. The Morgan fingerprint density at radius 2 is 1.93 bits per heavy atom. The Kier molecular flexibility index (Phi) is 4.18. The average Bonchev–Trinajstić information content (AvgIpc) is 3.24. The van der Waals surface area contributed by atoms with Gasteiger partial charge in [0.05, 0.1) is 24.1 Å². The first-order chi connectivity index (χ1) is 13.0. The Balaban J connectivity index is 1.99.